The van der Waals surface area contributed by atoms with Crippen molar-refractivity contribution in [3.8, 4) is 0 Å². The average molecular weight is 231 g/mol. The number of nitrogens with zero attached hydrogens (tertiary/aromatic N) is 3. The molecule has 6 heteroatoms. The van der Waals surface area contributed by atoms with Crippen molar-refractivity contribution in [1.29, 1.82) is 0 Å². The summed E-state index contributed by atoms with van der Waals surface area (Å²) in [7, 11) is 0. The highest BCUT2D eigenvalue weighted by Crippen LogP contribution is 2.07. The van der Waals surface area contributed by atoms with Crippen molar-refractivity contribution >= 4 is 5.91 Å². The standard InChI is InChI=1S/C11H13N5O/c12-4-10-8(2-1-3-14-10)6-16-7-9(5-15-16)11(13)17/h1-3,5,7H,4,6,12H2,(H2,13,17). The van der Waals surface area contributed by atoms with Gasteiger partial charge in [0.15, 0.2) is 0 Å². The molecular weight excluding hydrogens is 218 g/mol. The number of amides is 1. The largest absolute Gasteiger partial charge is 0.366 e. The molecular formula is C11H13N5O. The van der Waals surface area contributed by atoms with Crippen LogP contribution in [0.25, 0.3) is 0 Å². The van der Waals surface area contributed by atoms with Gasteiger partial charge in [0.1, 0.15) is 0 Å². The van der Waals surface area contributed by atoms with E-state index in [1.807, 2.05) is 12.1 Å². The van der Waals surface area contributed by atoms with Crippen LogP contribution in [0.5, 0.6) is 0 Å². The molecule has 2 rings (SSSR count). The number of carbonyl (C=O) groups is 1. The number of carbonyl (C=O) groups excluding carboxylic acids is 1. The van der Waals surface area contributed by atoms with Crippen LogP contribution in [0.3, 0.4) is 0 Å². The van der Waals surface area contributed by atoms with Gasteiger partial charge in [0, 0.05) is 18.9 Å². The number of primary amides is 1. The van der Waals surface area contributed by atoms with Gasteiger partial charge in [0.05, 0.1) is 24.0 Å². The maximum atomic E-state index is 10.9. The Morgan fingerprint density at radius 1 is 1.47 bits per heavy atom. The summed E-state index contributed by atoms with van der Waals surface area (Å²) in [6, 6.07) is 3.77. The minimum absolute atomic E-state index is 0.375. The summed E-state index contributed by atoms with van der Waals surface area (Å²) in [5.74, 6) is -0.485. The highest BCUT2D eigenvalue weighted by Gasteiger charge is 2.06. The van der Waals surface area contributed by atoms with Gasteiger partial charge in [-0.25, -0.2) is 0 Å². The predicted octanol–water partition coefficient (Wildman–Crippen LogP) is -0.116. The fourth-order valence-corrected chi connectivity index (χ4v) is 1.55. The van der Waals surface area contributed by atoms with Gasteiger partial charge in [0.25, 0.3) is 5.91 Å². The predicted molar refractivity (Wildman–Crippen MR) is 62.0 cm³/mol. The Bertz CT molecular complexity index is 534. The zero-order valence-electron chi connectivity index (χ0n) is 9.21. The van der Waals surface area contributed by atoms with Gasteiger partial charge in [-0.15, -0.1) is 0 Å². The number of hydrogen-bond donors (Lipinski definition) is 2. The lowest BCUT2D eigenvalue weighted by molar-refractivity contribution is 0.1000. The van der Waals surface area contributed by atoms with E-state index < -0.39 is 5.91 Å². The summed E-state index contributed by atoms with van der Waals surface area (Å²) in [6.45, 7) is 0.897. The lowest BCUT2D eigenvalue weighted by Gasteiger charge is -2.06. The molecule has 6 nitrogen and oxygen atoms in total. The van der Waals surface area contributed by atoms with Crippen LogP contribution in [0, 0.1) is 0 Å². The summed E-state index contributed by atoms with van der Waals surface area (Å²) in [6.07, 6.45) is 4.75. The first kappa shape index (κ1) is 11.3. The Hall–Kier alpha value is -2.21. The van der Waals surface area contributed by atoms with Gasteiger partial charge in [-0.2, -0.15) is 5.10 Å². The van der Waals surface area contributed by atoms with E-state index in [1.165, 1.54) is 6.20 Å². The van der Waals surface area contributed by atoms with E-state index in [0.29, 0.717) is 18.7 Å². The van der Waals surface area contributed by atoms with Crippen molar-refractivity contribution < 1.29 is 4.79 Å². The van der Waals surface area contributed by atoms with Gasteiger partial charge in [-0.05, 0) is 11.6 Å². The molecule has 0 saturated carbocycles. The summed E-state index contributed by atoms with van der Waals surface area (Å²) in [4.78, 5) is 15.1. The first-order valence-electron chi connectivity index (χ1n) is 5.16. The number of aromatic nitrogens is 3. The highest BCUT2D eigenvalue weighted by molar-refractivity contribution is 5.92. The molecule has 88 valence electrons. The van der Waals surface area contributed by atoms with Gasteiger partial charge >= 0.3 is 0 Å². The molecule has 0 aliphatic carbocycles. The third-order valence-corrected chi connectivity index (χ3v) is 2.43. The van der Waals surface area contributed by atoms with Crippen LogP contribution < -0.4 is 11.5 Å². The summed E-state index contributed by atoms with van der Waals surface area (Å²) in [5.41, 5.74) is 12.9. The number of hydrogen-bond acceptors (Lipinski definition) is 4. The monoisotopic (exact) mass is 231 g/mol. The van der Waals surface area contributed by atoms with E-state index in [9.17, 15) is 4.79 Å². The van der Waals surface area contributed by atoms with Crippen LogP contribution in [-0.4, -0.2) is 20.7 Å². The van der Waals surface area contributed by atoms with Gasteiger partial charge in [-0.1, -0.05) is 6.07 Å². The van der Waals surface area contributed by atoms with E-state index >= 15 is 0 Å². The Labute approximate surface area is 98.3 Å². The second kappa shape index (κ2) is 4.75. The molecule has 0 atom stereocenters. The Kier molecular flexibility index (Phi) is 3.15. The van der Waals surface area contributed by atoms with Crippen LogP contribution in [0.1, 0.15) is 21.6 Å². The highest BCUT2D eigenvalue weighted by atomic mass is 16.1. The van der Waals surface area contributed by atoms with Crippen LogP contribution in [-0.2, 0) is 13.1 Å². The smallest absolute Gasteiger partial charge is 0.251 e. The SMILES string of the molecule is NCc1ncccc1Cn1cc(C(N)=O)cn1. The fraction of sp³-hybridized carbons (Fsp3) is 0.182. The second-order valence-corrected chi connectivity index (χ2v) is 3.60. The quantitative estimate of drug-likeness (QED) is 0.766. The molecule has 2 aromatic rings. The van der Waals surface area contributed by atoms with Crippen molar-refractivity contribution in [2.24, 2.45) is 11.5 Å². The molecule has 0 spiro atoms. The van der Waals surface area contributed by atoms with Crippen molar-refractivity contribution in [1.82, 2.24) is 14.8 Å². The molecule has 1 amide bonds. The van der Waals surface area contributed by atoms with Crippen molar-refractivity contribution in [2.45, 2.75) is 13.1 Å². The van der Waals surface area contributed by atoms with E-state index in [4.69, 9.17) is 11.5 Å². The number of pyridine rings is 1. The first-order valence-corrected chi connectivity index (χ1v) is 5.16. The van der Waals surface area contributed by atoms with E-state index in [2.05, 4.69) is 10.1 Å². The number of nitrogens with two attached hydrogens (primary N) is 2. The summed E-state index contributed by atoms with van der Waals surface area (Å²) >= 11 is 0. The molecule has 0 saturated heterocycles. The maximum absolute atomic E-state index is 10.9. The molecule has 0 aliphatic rings. The summed E-state index contributed by atoms with van der Waals surface area (Å²) < 4.78 is 1.64. The third-order valence-electron chi connectivity index (χ3n) is 2.43. The molecule has 0 aromatic carbocycles. The minimum Gasteiger partial charge on any atom is -0.366 e. The molecule has 0 aliphatic heterocycles. The van der Waals surface area contributed by atoms with Crippen LogP contribution in [0.15, 0.2) is 30.7 Å². The van der Waals surface area contributed by atoms with Crippen LogP contribution in [0.4, 0.5) is 0 Å². The lowest BCUT2D eigenvalue weighted by atomic mass is 10.2. The van der Waals surface area contributed by atoms with Crippen molar-refractivity contribution in [2.75, 3.05) is 0 Å². The van der Waals surface area contributed by atoms with E-state index in [0.717, 1.165) is 11.3 Å². The van der Waals surface area contributed by atoms with Gasteiger partial charge < -0.3 is 11.5 Å². The Balaban J connectivity index is 2.22. The van der Waals surface area contributed by atoms with Crippen LogP contribution in [0.2, 0.25) is 0 Å². The maximum Gasteiger partial charge on any atom is 0.251 e. The van der Waals surface area contributed by atoms with Gasteiger partial charge in [-0.3, -0.25) is 14.5 Å². The molecule has 0 bridgehead atoms. The fourth-order valence-electron chi connectivity index (χ4n) is 1.55. The summed E-state index contributed by atoms with van der Waals surface area (Å²) in [5, 5.41) is 4.06. The second-order valence-electron chi connectivity index (χ2n) is 3.60. The molecule has 0 unspecified atom stereocenters. The van der Waals surface area contributed by atoms with Gasteiger partial charge in [0.2, 0.25) is 0 Å². The third kappa shape index (κ3) is 2.48. The molecule has 4 N–H and O–H groups in total. The molecule has 17 heavy (non-hydrogen) atoms. The zero-order chi connectivity index (χ0) is 12.3. The molecule has 0 fully saturated rings. The average Bonchev–Trinajstić information content (AvgIpc) is 2.78. The minimum atomic E-state index is -0.485. The van der Waals surface area contributed by atoms with Crippen molar-refractivity contribution in [3.63, 3.8) is 0 Å². The molecule has 2 aromatic heterocycles. The van der Waals surface area contributed by atoms with E-state index in [1.54, 1.807) is 17.1 Å². The normalized spacial score (nSPS) is 10.4. The lowest BCUT2D eigenvalue weighted by Crippen LogP contribution is -2.10. The van der Waals surface area contributed by atoms with Crippen molar-refractivity contribution in [3.05, 3.63) is 47.5 Å². The van der Waals surface area contributed by atoms with Crippen LogP contribution >= 0.6 is 0 Å². The zero-order valence-corrected chi connectivity index (χ0v) is 9.21. The Morgan fingerprint density at radius 2 is 2.29 bits per heavy atom. The number of rotatable bonds is 4. The topological polar surface area (TPSA) is 99.8 Å². The van der Waals surface area contributed by atoms with E-state index in [-0.39, 0.29) is 0 Å². The Morgan fingerprint density at radius 3 is 2.94 bits per heavy atom. The molecule has 0 radical (unpaired) electrons. The molecule has 2 heterocycles. The first-order chi connectivity index (χ1) is 8.20.